The number of rotatable bonds is 3. The predicted molar refractivity (Wildman–Crippen MR) is 73.8 cm³/mol. The highest BCUT2D eigenvalue weighted by atomic mass is 16.6. The van der Waals surface area contributed by atoms with Gasteiger partial charge in [-0.25, -0.2) is 0 Å². The van der Waals surface area contributed by atoms with Crippen LogP contribution in [-0.4, -0.2) is 50.9 Å². The zero-order chi connectivity index (χ0) is 15.7. The van der Waals surface area contributed by atoms with Crippen LogP contribution >= 0.6 is 0 Å². The molecule has 0 radical (unpaired) electrons. The molecule has 116 valence electrons. The van der Waals surface area contributed by atoms with Crippen molar-refractivity contribution in [2.45, 2.75) is 44.5 Å². The van der Waals surface area contributed by atoms with E-state index in [1.54, 1.807) is 13.0 Å². The van der Waals surface area contributed by atoms with Crippen LogP contribution in [0.25, 0.3) is 0 Å². The molecule has 0 spiro atoms. The van der Waals surface area contributed by atoms with Gasteiger partial charge in [-0.3, -0.25) is 10.1 Å². The third kappa shape index (κ3) is 3.13. The van der Waals surface area contributed by atoms with Crippen molar-refractivity contribution in [3.63, 3.8) is 0 Å². The number of aliphatic hydroxyl groups excluding tert-OH is 3. The molecular formula is C13H18N2O6. The summed E-state index contributed by atoms with van der Waals surface area (Å²) in [5.74, 6) is 0. The van der Waals surface area contributed by atoms with E-state index < -0.39 is 35.6 Å². The number of nitrogens with zero attached hydrogens (tertiary/aromatic N) is 1. The van der Waals surface area contributed by atoms with Crippen LogP contribution in [0.15, 0.2) is 18.2 Å². The lowest BCUT2D eigenvalue weighted by Crippen LogP contribution is -2.58. The summed E-state index contributed by atoms with van der Waals surface area (Å²) in [7, 11) is 0. The van der Waals surface area contributed by atoms with Crippen LogP contribution < -0.4 is 5.32 Å². The summed E-state index contributed by atoms with van der Waals surface area (Å²) < 4.78 is 5.36. The number of aryl methyl sites for hydroxylation is 1. The zero-order valence-electron chi connectivity index (χ0n) is 11.6. The molecule has 0 aliphatic carbocycles. The van der Waals surface area contributed by atoms with Crippen LogP contribution in [0.5, 0.6) is 0 Å². The number of nitrogens with one attached hydrogen (secondary N) is 1. The minimum atomic E-state index is -1.41. The van der Waals surface area contributed by atoms with E-state index in [4.69, 9.17) is 4.74 Å². The monoisotopic (exact) mass is 298 g/mol. The Hall–Kier alpha value is -1.74. The van der Waals surface area contributed by atoms with Crippen molar-refractivity contribution in [3.8, 4) is 0 Å². The standard InChI is InChI=1S/C13H18N2O6/c1-6-3-4-8(9(5-6)15(19)20)14-13-12(18)11(17)10(16)7(2)21-13/h3-5,7,10-14,16-18H,1-2H3/t7-,10+,11+,12-,13-/m1/s1. The van der Waals surface area contributed by atoms with Gasteiger partial charge in [0, 0.05) is 6.07 Å². The van der Waals surface area contributed by atoms with E-state index in [0.29, 0.717) is 0 Å². The Balaban J connectivity index is 2.24. The average molecular weight is 298 g/mol. The van der Waals surface area contributed by atoms with Gasteiger partial charge in [0.15, 0.2) is 6.23 Å². The highest BCUT2D eigenvalue weighted by Gasteiger charge is 2.42. The SMILES string of the molecule is Cc1ccc(N[C@@H]2O[C@H](C)[C@H](O)[C@H](O)[C@H]2O)c([N+](=O)[O-])c1. The van der Waals surface area contributed by atoms with E-state index in [1.807, 2.05) is 0 Å². The number of benzene rings is 1. The summed E-state index contributed by atoms with van der Waals surface area (Å²) in [6.07, 6.45) is -5.79. The lowest BCUT2D eigenvalue weighted by molar-refractivity contribution is -0.384. The van der Waals surface area contributed by atoms with Crippen molar-refractivity contribution in [2.24, 2.45) is 0 Å². The Kier molecular flexibility index (Phi) is 4.43. The molecule has 21 heavy (non-hydrogen) atoms. The minimum Gasteiger partial charge on any atom is -0.388 e. The van der Waals surface area contributed by atoms with Crippen molar-refractivity contribution in [2.75, 3.05) is 5.32 Å². The Morgan fingerprint density at radius 1 is 1.24 bits per heavy atom. The number of hydrogen-bond donors (Lipinski definition) is 4. The summed E-state index contributed by atoms with van der Waals surface area (Å²) in [5, 5.41) is 43.0. The zero-order valence-corrected chi connectivity index (χ0v) is 11.6. The molecule has 1 aromatic rings. The van der Waals surface area contributed by atoms with Crippen molar-refractivity contribution in [1.82, 2.24) is 0 Å². The van der Waals surface area contributed by atoms with Gasteiger partial charge in [-0.2, -0.15) is 0 Å². The van der Waals surface area contributed by atoms with Gasteiger partial charge in [0.05, 0.1) is 11.0 Å². The van der Waals surface area contributed by atoms with Crippen LogP contribution in [0.3, 0.4) is 0 Å². The van der Waals surface area contributed by atoms with E-state index in [2.05, 4.69) is 5.32 Å². The number of nitro groups is 1. The van der Waals surface area contributed by atoms with Gasteiger partial charge >= 0.3 is 0 Å². The fourth-order valence-corrected chi connectivity index (χ4v) is 2.24. The minimum absolute atomic E-state index is 0.154. The second kappa shape index (κ2) is 5.94. The molecule has 5 atom stereocenters. The topological polar surface area (TPSA) is 125 Å². The number of anilines is 1. The maximum Gasteiger partial charge on any atom is 0.292 e. The lowest BCUT2D eigenvalue weighted by Gasteiger charge is -2.39. The van der Waals surface area contributed by atoms with Crippen LogP contribution in [-0.2, 0) is 4.74 Å². The first-order valence-electron chi connectivity index (χ1n) is 6.52. The molecule has 0 bridgehead atoms. The van der Waals surface area contributed by atoms with Gasteiger partial charge in [0.1, 0.15) is 24.0 Å². The Morgan fingerprint density at radius 3 is 2.52 bits per heavy atom. The van der Waals surface area contributed by atoms with E-state index in [9.17, 15) is 25.4 Å². The molecule has 8 nitrogen and oxygen atoms in total. The number of ether oxygens (including phenoxy) is 1. The van der Waals surface area contributed by atoms with Crippen LogP contribution in [0.2, 0.25) is 0 Å². The van der Waals surface area contributed by atoms with Crippen LogP contribution in [0.4, 0.5) is 11.4 Å². The third-order valence-electron chi connectivity index (χ3n) is 3.50. The van der Waals surface area contributed by atoms with Crippen LogP contribution in [0.1, 0.15) is 12.5 Å². The molecule has 0 unspecified atom stereocenters. The van der Waals surface area contributed by atoms with E-state index >= 15 is 0 Å². The maximum absolute atomic E-state index is 11.1. The quantitative estimate of drug-likeness (QED) is 0.462. The summed E-state index contributed by atoms with van der Waals surface area (Å²) in [4.78, 5) is 10.5. The fourth-order valence-electron chi connectivity index (χ4n) is 2.24. The molecule has 1 heterocycles. The smallest absolute Gasteiger partial charge is 0.292 e. The summed E-state index contributed by atoms with van der Waals surface area (Å²) >= 11 is 0. The van der Waals surface area contributed by atoms with Crippen LogP contribution in [0, 0.1) is 17.0 Å². The second-order valence-electron chi connectivity index (χ2n) is 5.16. The molecule has 0 saturated carbocycles. The molecule has 4 N–H and O–H groups in total. The third-order valence-corrected chi connectivity index (χ3v) is 3.50. The lowest BCUT2D eigenvalue weighted by atomic mass is 9.99. The average Bonchev–Trinajstić information content (AvgIpc) is 2.44. The summed E-state index contributed by atoms with van der Waals surface area (Å²) in [6, 6.07) is 4.58. The highest BCUT2D eigenvalue weighted by Crippen LogP contribution is 2.29. The number of aliphatic hydroxyl groups is 3. The normalized spacial score (nSPS) is 32.7. The molecular weight excluding hydrogens is 280 g/mol. The van der Waals surface area contributed by atoms with Gasteiger partial charge in [-0.1, -0.05) is 6.07 Å². The van der Waals surface area contributed by atoms with Gasteiger partial charge in [-0.15, -0.1) is 0 Å². The summed E-state index contributed by atoms with van der Waals surface area (Å²) in [5.41, 5.74) is 0.741. The van der Waals surface area contributed by atoms with Gasteiger partial charge in [-0.05, 0) is 25.5 Å². The molecule has 1 aliphatic heterocycles. The second-order valence-corrected chi connectivity index (χ2v) is 5.16. The molecule has 2 rings (SSSR count). The molecule has 1 aliphatic rings. The largest absolute Gasteiger partial charge is 0.388 e. The molecule has 0 amide bonds. The first-order valence-corrected chi connectivity index (χ1v) is 6.52. The van der Waals surface area contributed by atoms with E-state index in [0.717, 1.165) is 5.56 Å². The molecule has 0 aromatic heterocycles. The van der Waals surface area contributed by atoms with Crippen molar-refractivity contribution in [1.29, 1.82) is 0 Å². The Labute approximate surface area is 121 Å². The predicted octanol–water partition coefficient (Wildman–Crippen LogP) is 0.143. The molecule has 1 saturated heterocycles. The van der Waals surface area contributed by atoms with E-state index in [1.165, 1.54) is 19.1 Å². The number of hydrogen-bond acceptors (Lipinski definition) is 7. The van der Waals surface area contributed by atoms with E-state index in [-0.39, 0.29) is 11.4 Å². The number of nitro benzene ring substituents is 1. The first kappa shape index (κ1) is 15.6. The van der Waals surface area contributed by atoms with Crippen molar-refractivity contribution >= 4 is 11.4 Å². The van der Waals surface area contributed by atoms with Crippen molar-refractivity contribution in [3.05, 3.63) is 33.9 Å². The van der Waals surface area contributed by atoms with Gasteiger partial charge in [0.2, 0.25) is 0 Å². The van der Waals surface area contributed by atoms with Gasteiger partial charge in [0.25, 0.3) is 5.69 Å². The maximum atomic E-state index is 11.1. The molecule has 1 fully saturated rings. The van der Waals surface area contributed by atoms with Crippen molar-refractivity contribution < 1.29 is 25.0 Å². The first-order chi connectivity index (χ1) is 9.81. The molecule has 8 heteroatoms. The highest BCUT2D eigenvalue weighted by molar-refractivity contribution is 5.62. The fraction of sp³-hybridized carbons (Fsp3) is 0.538. The summed E-state index contributed by atoms with van der Waals surface area (Å²) in [6.45, 7) is 3.27. The Morgan fingerprint density at radius 2 is 1.90 bits per heavy atom. The van der Waals surface area contributed by atoms with Gasteiger partial charge < -0.3 is 25.4 Å². The Bertz CT molecular complexity index is 537. The molecule has 1 aromatic carbocycles.